The van der Waals surface area contributed by atoms with Crippen LogP contribution in [0.2, 0.25) is 0 Å². The molecule has 0 atom stereocenters. The lowest BCUT2D eigenvalue weighted by atomic mass is 10.1. The zero-order chi connectivity index (χ0) is 24.4. The molecule has 0 spiro atoms. The van der Waals surface area contributed by atoms with Gasteiger partial charge in [0.15, 0.2) is 5.75 Å². The molecule has 0 N–H and O–H groups in total. The highest BCUT2D eigenvalue weighted by Crippen LogP contribution is 2.40. The van der Waals surface area contributed by atoms with Gasteiger partial charge in [-0.1, -0.05) is 12.1 Å². The predicted octanol–water partition coefficient (Wildman–Crippen LogP) is 5.04. The van der Waals surface area contributed by atoms with Gasteiger partial charge >= 0.3 is 0 Å². The fraction of sp³-hybridized carbons (Fsp3) is 0.286. The number of rotatable bonds is 3. The molecule has 1 saturated heterocycles. The molecule has 0 aromatic heterocycles. The number of ether oxygens (including phenoxy) is 3. The van der Waals surface area contributed by atoms with Gasteiger partial charge in [-0.25, -0.2) is 4.99 Å². The number of methoxy groups -OCH3 is 2. The number of nitrogens with zero attached hydrogens (tertiary/aromatic N) is 3. The number of hydrogen-bond acceptors (Lipinski definition) is 6. The van der Waals surface area contributed by atoms with E-state index in [4.69, 9.17) is 19.2 Å². The van der Waals surface area contributed by atoms with Gasteiger partial charge in [0.05, 0.1) is 19.8 Å². The first-order chi connectivity index (χ1) is 17.1. The van der Waals surface area contributed by atoms with Crippen LogP contribution in [0.25, 0.3) is 0 Å². The van der Waals surface area contributed by atoms with Crippen LogP contribution in [0.5, 0.6) is 23.0 Å². The molecule has 0 radical (unpaired) electrons. The topological polar surface area (TPSA) is 63.6 Å². The van der Waals surface area contributed by atoms with Gasteiger partial charge in [-0.05, 0) is 67.4 Å². The second kappa shape index (κ2) is 9.70. The van der Waals surface area contributed by atoms with Gasteiger partial charge in [-0.3, -0.25) is 4.79 Å². The number of amides is 1. The highest BCUT2D eigenvalue weighted by molar-refractivity contribution is 6.04. The highest BCUT2D eigenvalue weighted by Gasteiger charge is 2.27. The predicted molar refractivity (Wildman–Crippen MR) is 136 cm³/mol. The van der Waals surface area contributed by atoms with Crippen LogP contribution in [0.3, 0.4) is 0 Å². The van der Waals surface area contributed by atoms with Crippen molar-refractivity contribution in [3.05, 3.63) is 77.4 Å². The molecular formula is C28H29N3O4. The Balaban J connectivity index is 1.45. The van der Waals surface area contributed by atoms with Crippen LogP contribution in [0.4, 0.5) is 5.69 Å². The van der Waals surface area contributed by atoms with Crippen LogP contribution in [-0.4, -0.2) is 61.9 Å². The van der Waals surface area contributed by atoms with Crippen LogP contribution in [0.1, 0.15) is 27.9 Å². The van der Waals surface area contributed by atoms with Gasteiger partial charge in [0.1, 0.15) is 28.8 Å². The molecule has 1 fully saturated rings. The standard InChI is InChI=1S/C28H29N3O4/c1-19-8-10-24-26(16-19)35-25-11-9-22(34-3)18-23(25)27(29-24)30-12-5-13-31(15-14-30)28(32)20-6-4-7-21(17-20)33-2/h4,6-11,16-18H,5,12-15H2,1-3H3. The molecule has 0 saturated carbocycles. The largest absolute Gasteiger partial charge is 0.497 e. The second-order valence-corrected chi connectivity index (χ2v) is 8.74. The summed E-state index contributed by atoms with van der Waals surface area (Å²) in [5, 5.41) is 0. The lowest BCUT2D eigenvalue weighted by Crippen LogP contribution is -2.37. The average molecular weight is 472 g/mol. The van der Waals surface area contributed by atoms with E-state index in [-0.39, 0.29) is 5.91 Å². The zero-order valence-electron chi connectivity index (χ0n) is 20.3. The quantitative estimate of drug-likeness (QED) is 0.535. The number of aryl methyl sites for hydroxylation is 1. The van der Waals surface area contributed by atoms with Crippen molar-refractivity contribution >= 4 is 17.4 Å². The summed E-state index contributed by atoms with van der Waals surface area (Å²) in [7, 11) is 3.26. The Bertz CT molecular complexity index is 1290. The molecule has 7 nitrogen and oxygen atoms in total. The molecule has 180 valence electrons. The Morgan fingerprint density at radius 1 is 0.886 bits per heavy atom. The van der Waals surface area contributed by atoms with Gasteiger partial charge in [-0.2, -0.15) is 0 Å². The van der Waals surface area contributed by atoms with E-state index in [9.17, 15) is 4.79 Å². The highest BCUT2D eigenvalue weighted by atomic mass is 16.5. The first-order valence-electron chi connectivity index (χ1n) is 11.8. The van der Waals surface area contributed by atoms with Gasteiger partial charge < -0.3 is 24.0 Å². The van der Waals surface area contributed by atoms with Gasteiger partial charge in [0.25, 0.3) is 5.91 Å². The minimum atomic E-state index is 0.0137. The van der Waals surface area contributed by atoms with Crippen molar-refractivity contribution in [3.63, 3.8) is 0 Å². The third kappa shape index (κ3) is 4.67. The summed E-state index contributed by atoms with van der Waals surface area (Å²) in [5.74, 6) is 3.74. The molecule has 0 bridgehead atoms. The van der Waals surface area contributed by atoms with E-state index < -0.39 is 0 Å². The normalized spacial score (nSPS) is 15.1. The van der Waals surface area contributed by atoms with Crippen LogP contribution >= 0.6 is 0 Å². The Morgan fingerprint density at radius 3 is 2.54 bits per heavy atom. The molecule has 2 aliphatic rings. The van der Waals surface area contributed by atoms with Crippen molar-refractivity contribution in [2.75, 3.05) is 40.4 Å². The SMILES string of the molecule is COc1cccc(C(=O)N2CCCN(C3=Nc4ccc(C)cc4Oc4ccc(OC)cc43)CC2)c1. The van der Waals surface area contributed by atoms with E-state index >= 15 is 0 Å². The third-order valence-electron chi connectivity index (χ3n) is 6.39. The fourth-order valence-electron chi connectivity index (χ4n) is 4.50. The first kappa shape index (κ1) is 22.8. The summed E-state index contributed by atoms with van der Waals surface area (Å²) in [5.41, 5.74) is 3.41. The lowest BCUT2D eigenvalue weighted by Gasteiger charge is -2.25. The summed E-state index contributed by atoms with van der Waals surface area (Å²) in [6.45, 7) is 4.74. The van der Waals surface area contributed by atoms with Crippen molar-refractivity contribution in [2.45, 2.75) is 13.3 Å². The number of aliphatic imine (C=N–C) groups is 1. The van der Waals surface area contributed by atoms with Crippen molar-refractivity contribution in [3.8, 4) is 23.0 Å². The van der Waals surface area contributed by atoms with E-state index in [0.29, 0.717) is 30.9 Å². The number of carbonyl (C=O) groups excluding carboxylic acids is 1. The number of hydrogen-bond donors (Lipinski definition) is 0. The summed E-state index contributed by atoms with van der Waals surface area (Å²) in [4.78, 5) is 22.4. The van der Waals surface area contributed by atoms with Crippen molar-refractivity contribution in [1.82, 2.24) is 9.80 Å². The molecule has 1 amide bonds. The molecule has 3 aromatic rings. The monoisotopic (exact) mass is 471 g/mol. The number of benzene rings is 3. The molecule has 2 aliphatic heterocycles. The van der Waals surface area contributed by atoms with Gasteiger partial charge in [0, 0.05) is 31.7 Å². The molecule has 2 heterocycles. The minimum Gasteiger partial charge on any atom is -0.497 e. The molecule has 7 heteroatoms. The zero-order valence-corrected chi connectivity index (χ0v) is 20.3. The Kier molecular flexibility index (Phi) is 6.31. The van der Waals surface area contributed by atoms with Crippen molar-refractivity contribution < 1.29 is 19.0 Å². The van der Waals surface area contributed by atoms with E-state index in [1.54, 1.807) is 20.3 Å². The molecule has 35 heavy (non-hydrogen) atoms. The van der Waals surface area contributed by atoms with E-state index in [0.717, 1.165) is 52.9 Å². The molecule has 0 aliphatic carbocycles. The lowest BCUT2D eigenvalue weighted by molar-refractivity contribution is 0.0763. The van der Waals surface area contributed by atoms with E-state index in [1.165, 1.54) is 0 Å². The average Bonchev–Trinajstić information content (AvgIpc) is 3.22. The van der Waals surface area contributed by atoms with Gasteiger partial charge in [-0.15, -0.1) is 0 Å². The maximum absolute atomic E-state index is 13.2. The molecule has 5 rings (SSSR count). The Labute approximate surface area is 205 Å². The van der Waals surface area contributed by atoms with E-state index in [2.05, 4.69) is 4.90 Å². The molecular weight excluding hydrogens is 442 g/mol. The fourth-order valence-corrected chi connectivity index (χ4v) is 4.50. The summed E-state index contributed by atoms with van der Waals surface area (Å²) in [6.07, 6.45) is 0.829. The Morgan fingerprint density at radius 2 is 1.71 bits per heavy atom. The molecule has 0 unspecified atom stereocenters. The van der Waals surface area contributed by atoms with Crippen LogP contribution in [0.15, 0.2) is 65.7 Å². The summed E-state index contributed by atoms with van der Waals surface area (Å²) >= 11 is 0. The second-order valence-electron chi connectivity index (χ2n) is 8.74. The van der Waals surface area contributed by atoms with Crippen molar-refractivity contribution in [2.24, 2.45) is 4.99 Å². The van der Waals surface area contributed by atoms with Gasteiger partial charge in [0.2, 0.25) is 0 Å². The summed E-state index contributed by atoms with van der Waals surface area (Å²) in [6, 6.07) is 19.1. The van der Waals surface area contributed by atoms with Crippen LogP contribution < -0.4 is 14.2 Å². The molecule has 3 aromatic carbocycles. The van der Waals surface area contributed by atoms with E-state index in [1.807, 2.05) is 66.4 Å². The maximum Gasteiger partial charge on any atom is 0.254 e. The summed E-state index contributed by atoms with van der Waals surface area (Å²) < 4.78 is 17.1. The number of carbonyl (C=O) groups is 1. The number of amidine groups is 1. The number of fused-ring (bicyclic) bond motifs is 2. The smallest absolute Gasteiger partial charge is 0.254 e. The Hall–Kier alpha value is -4.00. The minimum absolute atomic E-state index is 0.0137. The van der Waals surface area contributed by atoms with Crippen LogP contribution in [-0.2, 0) is 0 Å². The van der Waals surface area contributed by atoms with Crippen LogP contribution in [0, 0.1) is 6.92 Å². The van der Waals surface area contributed by atoms with Crippen molar-refractivity contribution in [1.29, 1.82) is 0 Å². The first-order valence-corrected chi connectivity index (χ1v) is 11.8. The maximum atomic E-state index is 13.2. The third-order valence-corrected chi connectivity index (χ3v) is 6.39.